The van der Waals surface area contributed by atoms with Crippen LogP contribution in [0.2, 0.25) is 0 Å². The maximum absolute atomic E-state index is 13.6. The van der Waals surface area contributed by atoms with Crippen molar-refractivity contribution in [3.63, 3.8) is 0 Å². The van der Waals surface area contributed by atoms with Crippen molar-refractivity contribution >= 4 is 17.9 Å². The standard InChI is InChI=1S/C9H7ClF4O2/c1-16-5-2-6(9(12,13)14)7(4-15)8(10,11)3-5/h2-4,7H,1H3. The maximum Gasteiger partial charge on any atom is 0.413 e. The lowest BCUT2D eigenvalue weighted by Gasteiger charge is -2.29. The van der Waals surface area contributed by atoms with Gasteiger partial charge in [0.15, 0.2) is 0 Å². The number of rotatable bonds is 2. The smallest absolute Gasteiger partial charge is 0.413 e. The van der Waals surface area contributed by atoms with Crippen molar-refractivity contribution in [2.45, 2.75) is 11.3 Å². The van der Waals surface area contributed by atoms with Crippen LogP contribution in [-0.2, 0) is 9.53 Å². The minimum atomic E-state index is -4.84. The second kappa shape index (κ2) is 4.08. The number of hydrogen-bond acceptors (Lipinski definition) is 2. The first-order chi connectivity index (χ1) is 7.22. The van der Waals surface area contributed by atoms with Crippen LogP contribution in [0.4, 0.5) is 17.6 Å². The SMILES string of the molecule is COC1=CC(F)(Cl)C(C=O)C(C(F)(F)F)=C1. The molecule has 0 fully saturated rings. The monoisotopic (exact) mass is 258 g/mol. The van der Waals surface area contributed by atoms with Gasteiger partial charge in [-0.2, -0.15) is 13.2 Å². The van der Waals surface area contributed by atoms with E-state index in [9.17, 15) is 22.4 Å². The molecule has 7 heteroatoms. The molecule has 16 heavy (non-hydrogen) atoms. The molecule has 0 aromatic carbocycles. The third-order valence-electron chi connectivity index (χ3n) is 2.08. The number of ether oxygens (including phenoxy) is 1. The van der Waals surface area contributed by atoms with Crippen molar-refractivity contribution in [2.75, 3.05) is 7.11 Å². The van der Waals surface area contributed by atoms with E-state index in [0.717, 1.165) is 7.11 Å². The third kappa shape index (κ3) is 2.37. The molecule has 90 valence electrons. The fourth-order valence-corrected chi connectivity index (χ4v) is 1.59. The van der Waals surface area contributed by atoms with Crippen LogP contribution >= 0.6 is 11.6 Å². The molecule has 0 spiro atoms. The van der Waals surface area contributed by atoms with Crippen molar-refractivity contribution in [1.29, 1.82) is 0 Å². The van der Waals surface area contributed by atoms with Crippen LogP contribution in [0.5, 0.6) is 0 Å². The van der Waals surface area contributed by atoms with Gasteiger partial charge in [-0.15, -0.1) is 0 Å². The molecule has 0 N–H and O–H groups in total. The van der Waals surface area contributed by atoms with Crippen molar-refractivity contribution in [1.82, 2.24) is 0 Å². The van der Waals surface area contributed by atoms with Crippen molar-refractivity contribution < 1.29 is 27.1 Å². The Labute approximate surface area is 93.5 Å². The van der Waals surface area contributed by atoms with Crippen LogP contribution in [0.15, 0.2) is 23.5 Å². The molecular formula is C9H7ClF4O2. The lowest BCUT2D eigenvalue weighted by molar-refractivity contribution is -0.122. The van der Waals surface area contributed by atoms with Gasteiger partial charge in [-0.1, -0.05) is 11.6 Å². The topological polar surface area (TPSA) is 26.3 Å². The summed E-state index contributed by atoms with van der Waals surface area (Å²) in [5, 5.41) is -2.92. The molecule has 0 aliphatic heterocycles. The van der Waals surface area contributed by atoms with Crippen LogP contribution < -0.4 is 0 Å². The van der Waals surface area contributed by atoms with Gasteiger partial charge in [0.2, 0.25) is 5.13 Å². The lowest BCUT2D eigenvalue weighted by Crippen LogP contribution is -2.36. The predicted octanol–water partition coefficient (Wildman–Crippen LogP) is 2.74. The quantitative estimate of drug-likeness (QED) is 0.432. The molecule has 1 rings (SSSR count). The highest BCUT2D eigenvalue weighted by Crippen LogP contribution is 2.44. The average Bonchev–Trinajstić information content (AvgIpc) is 2.13. The molecule has 0 aromatic rings. The number of halogens is 5. The van der Waals surface area contributed by atoms with Gasteiger partial charge in [0.25, 0.3) is 0 Å². The van der Waals surface area contributed by atoms with Gasteiger partial charge in [-0.3, -0.25) is 0 Å². The molecule has 0 heterocycles. The Morgan fingerprint density at radius 3 is 2.50 bits per heavy atom. The molecule has 0 saturated carbocycles. The summed E-state index contributed by atoms with van der Waals surface area (Å²) in [6, 6.07) is 0. The van der Waals surface area contributed by atoms with Crippen LogP contribution in [0.1, 0.15) is 0 Å². The molecule has 1 aliphatic carbocycles. The predicted molar refractivity (Wildman–Crippen MR) is 48.5 cm³/mol. The Morgan fingerprint density at radius 1 is 1.56 bits per heavy atom. The zero-order valence-electron chi connectivity index (χ0n) is 8.02. The highest BCUT2D eigenvalue weighted by molar-refractivity contribution is 6.25. The molecule has 0 amide bonds. The molecule has 2 unspecified atom stereocenters. The first-order valence-corrected chi connectivity index (χ1v) is 4.49. The van der Waals surface area contributed by atoms with E-state index in [1.165, 1.54) is 0 Å². The van der Waals surface area contributed by atoms with Gasteiger partial charge >= 0.3 is 6.18 Å². The number of aldehydes is 1. The number of methoxy groups -OCH3 is 1. The van der Waals surface area contributed by atoms with Gasteiger partial charge in [0.05, 0.1) is 18.6 Å². The summed E-state index contributed by atoms with van der Waals surface area (Å²) in [5.41, 5.74) is -1.36. The second-order valence-electron chi connectivity index (χ2n) is 3.14. The van der Waals surface area contributed by atoms with Gasteiger partial charge in [0, 0.05) is 6.08 Å². The Kier molecular flexibility index (Phi) is 3.33. The van der Waals surface area contributed by atoms with Crippen LogP contribution in [0.25, 0.3) is 0 Å². The van der Waals surface area contributed by atoms with E-state index in [0.29, 0.717) is 12.2 Å². The summed E-state index contributed by atoms with van der Waals surface area (Å²) >= 11 is 5.22. The molecule has 0 bridgehead atoms. The summed E-state index contributed by atoms with van der Waals surface area (Å²) in [7, 11) is 1.07. The molecule has 0 saturated heterocycles. The Balaban J connectivity index is 3.27. The van der Waals surface area contributed by atoms with Crippen molar-refractivity contribution in [3.05, 3.63) is 23.5 Å². The van der Waals surface area contributed by atoms with Crippen molar-refractivity contribution in [2.24, 2.45) is 5.92 Å². The third-order valence-corrected chi connectivity index (χ3v) is 2.43. The number of allylic oxidation sites excluding steroid dienone is 3. The van der Waals surface area contributed by atoms with E-state index in [2.05, 4.69) is 4.74 Å². The van der Waals surface area contributed by atoms with Crippen LogP contribution in [0, 0.1) is 5.92 Å². The van der Waals surface area contributed by atoms with Crippen molar-refractivity contribution in [3.8, 4) is 0 Å². The second-order valence-corrected chi connectivity index (χ2v) is 3.72. The summed E-state index contributed by atoms with van der Waals surface area (Å²) in [4.78, 5) is 10.5. The molecule has 0 aromatic heterocycles. The summed E-state index contributed by atoms with van der Waals surface area (Å²) in [5.74, 6) is -2.46. The maximum atomic E-state index is 13.6. The number of hydrogen-bond donors (Lipinski definition) is 0. The Morgan fingerprint density at radius 2 is 2.12 bits per heavy atom. The average molecular weight is 259 g/mol. The number of carbonyl (C=O) groups excluding carboxylic acids is 1. The minimum Gasteiger partial charge on any atom is -0.497 e. The molecule has 1 aliphatic rings. The first-order valence-electron chi connectivity index (χ1n) is 4.11. The fraction of sp³-hybridized carbons (Fsp3) is 0.444. The highest BCUT2D eigenvalue weighted by atomic mass is 35.5. The van der Waals surface area contributed by atoms with E-state index < -0.39 is 22.8 Å². The lowest BCUT2D eigenvalue weighted by atomic mass is 9.89. The van der Waals surface area contributed by atoms with Crippen LogP contribution in [-0.4, -0.2) is 24.7 Å². The normalized spacial score (nSPS) is 30.5. The van der Waals surface area contributed by atoms with E-state index in [4.69, 9.17) is 11.6 Å². The van der Waals surface area contributed by atoms with Gasteiger partial charge in [-0.25, -0.2) is 4.39 Å². The zero-order chi connectivity index (χ0) is 12.6. The fourth-order valence-electron chi connectivity index (χ4n) is 1.31. The molecule has 0 radical (unpaired) electrons. The zero-order valence-corrected chi connectivity index (χ0v) is 8.77. The summed E-state index contributed by atoms with van der Waals surface area (Å²) < 4.78 is 55.6. The van der Waals surface area contributed by atoms with Gasteiger partial charge in [0.1, 0.15) is 12.0 Å². The molecule has 2 atom stereocenters. The Bertz CT molecular complexity index is 357. The van der Waals surface area contributed by atoms with E-state index in [1.807, 2.05) is 0 Å². The summed E-state index contributed by atoms with van der Waals surface area (Å²) in [6.45, 7) is 0. The van der Waals surface area contributed by atoms with Crippen LogP contribution in [0.3, 0.4) is 0 Å². The van der Waals surface area contributed by atoms with E-state index >= 15 is 0 Å². The Hall–Kier alpha value is -1.04. The number of alkyl halides is 5. The summed E-state index contributed by atoms with van der Waals surface area (Å²) in [6.07, 6.45) is -3.83. The molecular weight excluding hydrogens is 252 g/mol. The highest BCUT2D eigenvalue weighted by Gasteiger charge is 2.50. The number of carbonyl (C=O) groups is 1. The van der Waals surface area contributed by atoms with Gasteiger partial charge in [-0.05, 0) is 6.08 Å². The van der Waals surface area contributed by atoms with E-state index in [1.54, 1.807) is 0 Å². The van der Waals surface area contributed by atoms with E-state index in [-0.39, 0.29) is 12.0 Å². The minimum absolute atomic E-state index is 0.171. The van der Waals surface area contributed by atoms with Gasteiger partial charge < -0.3 is 9.53 Å². The largest absolute Gasteiger partial charge is 0.497 e. The first kappa shape index (κ1) is 13.0. The molecule has 2 nitrogen and oxygen atoms in total.